The van der Waals surface area contributed by atoms with Gasteiger partial charge in [0.05, 0.1) is 12.7 Å². The van der Waals surface area contributed by atoms with E-state index in [0.29, 0.717) is 24.5 Å². The van der Waals surface area contributed by atoms with E-state index in [9.17, 15) is 9.18 Å². The lowest BCUT2D eigenvalue weighted by atomic mass is 10.1. The van der Waals surface area contributed by atoms with Gasteiger partial charge in [0.25, 0.3) is 0 Å². The van der Waals surface area contributed by atoms with Gasteiger partial charge in [-0.1, -0.05) is 20.8 Å². The molecule has 6 nitrogen and oxygen atoms in total. The van der Waals surface area contributed by atoms with Gasteiger partial charge in [0.2, 0.25) is 0 Å². The predicted octanol–water partition coefficient (Wildman–Crippen LogP) is 6.18. The Bertz CT molecular complexity index is 760. The number of carbonyl (C=O) groups is 1. The smallest absolute Gasteiger partial charge is 0.413 e. The lowest BCUT2D eigenvalue weighted by Gasteiger charge is -2.40. The minimum Gasteiger partial charge on any atom is -0.490 e. The molecule has 0 bridgehead atoms. The van der Waals surface area contributed by atoms with Crippen LogP contribution in [-0.4, -0.2) is 31.6 Å². The molecule has 2 heterocycles. The van der Waals surface area contributed by atoms with Crippen molar-refractivity contribution >= 4 is 36.2 Å². The van der Waals surface area contributed by atoms with Crippen LogP contribution in [0.15, 0.2) is 4.47 Å². The molecule has 28 heavy (non-hydrogen) atoms. The molecular weight excluding hydrogens is 447 g/mol. The number of hydrogen-bond donors (Lipinski definition) is 1. The molecule has 0 radical (unpaired) electrons. The number of rotatable bonds is 3. The number of hydrogen-bond acceptors (Lipinski definition) is 5. The standard InChI is InChI=1S/C19H30BrFN2O4Si/c1-18(2,3)26-17(24)23-16-13(21)12(20)15-14(22-16)11(9-10-25-15)27-28(7,8)19(4,5)6/h11H,9-10H2,1-8H3,(H,22,23,24). The summed E-state index contributed by atoms with van der Waals surface area (Å²) in [6.07, 6.45) is -0.499. The molecule has 0 saturated carbocycles. The summed E-state index contributed by atoms with van der Waals surface area (Å²) >= 11 is 3.24. The minimum absolute atomic E-state index is 0.0142. The molecule has 2 rings (SSSR count). The first-order chi connectivity index (χ1) is 12.6. The average molecular weight is 477 g/mol. The molecule has 1 aliphatic rings. The average Bonchev–Trinajstić information content (AvgIpc) is 2.50. The summed E-state index contributed by atoms with van der Waals surface area (Å²) in [4.78, 5) is 16.4. The summed E-state index contributed by atoms with van der Waals surface area (Å²) < 4.78 is 32.2. The highest BCUT2D eigenvalue weighted by Crippen LogP contribution is 2.46. The number of fused-ring (bicyclic) bond motifs is 1. The Morgan fingerprint density at radius 1 is 1.29 bits per heavy atom. The zero-order valence-electron chi connectivity index (χ0n) is 17.8. The van der Waals surface area contributed by atoms with Crippen molar-refractivity contribution in [3.63, 3.8) is 0 Å². The second kappa shape index (κ2) is 7.91. The molecule has 0 spiro atoms. The van der Waals surface area contributed by atoms with Crippen molar-refractivity contribution in [2.24, 2.45) is 0 Å². The van der Waals surface area contributed by atoms with E-state index in [2.05, 4.69) is 60.1 Å². The summed E-state index contributed by atoms with van der Waals surface area (Å²) in [5, 5.41) is 2.41. The Hall–Kier alpha value is -1.19. The molecule has 1 N–H and O–H groups in total. The van der Waals surface area contributed by atoms with Crippen LogP contribution < -0.4 is 10.1 Å². The first-order valence-electron chi connectivity index (χ1n) is 9.32. The number of carbonyl (C=O) groups excluding carboxylic acids is 1. The molecule has 1 aromatic rings. The number of aromatic nitrogens is 1. The van der Waals surface area contributed by atoms with Gasteiger partial charge in [0.15, 0.2) is 25.7 Å². The van der Waals surface area contributed by atoms with Crippen LogP contribution in [0.4, 0.5) is 15.0 Å². The number of amides is 1. The van der Waals surface area contributed by atoms with Crippen LogP contribution in [0.5, 0.6) is 5.75 Å². The summed E-state index contributed by atoms with van der Waals surface area (Å²) in [5.74, 6) is -0.603. The molecule has 0 aliphatic carbocycles. The van der Waals surface area contributed by atoms with E-state index < -0.39 is 25.8 Å². The predicted molar refractivity (Wildman–Crippen MR) is 113 cm³/mol. The van der Waals surface area contributed by atoms with Gasteiger partial charge in [0.1, 0.15) is 15.8 Å². The lowest BCUT2D eigenvalue weighted by Crippen LogP contribution is -2.42. The highest BCUT2D eigenvalue weighted by Gasteiger charge is 2.41. The molecule has 9 heteroatoms. The van der Waals surface area contributed by atoms with Crippen molar-refractivity contribution < 1.29 is 23.1 Å². The summed E-state index contributed by atoms with van der Waals surface area (Å²) in [7, 11) is -2.09. The van der Waals surface area contributed by atoms with E-state index in [4.69, 9.17) is 13.9 Å². The summed E-state index contributed by atoms with van der Waals surface area (Å²) in [6.45, 7) is 16.4. The minimum atomic E-state index is -2.09. The molecule has 158 valence electrons. The molecular formula is C19H30BrFN2O4Si. The van der Waals surface area contributed by atoms with Crippen LogP contribution in [0.1, 0.15) is 59.8 Å². The second-order valence-corrected chi connectivity index (χ2v) is 15.0. The Labute approximate surface area is 175 Å². The Balaban J connectivity index is 2.38. The zero-order valence-corrected chi connectivity index (χ0v) is 20.4. The van der Waals surface area contributed by atoms with E-state index in [0.717, 1.165) is 0 Å². The van der Waals surface area contributed by atoms with Crippen molar-refractivity contribution in [2.45, 2.75) is 77.8 Å². The molecule has 1 aromatic heterocycles. The van der Waals surface area contributed by atoms with Gasteiger partial charge in [-0.25, -0.2) is 14.2 Å². The topological polar surface area (TPSA) is 69.7 Å². The van der Waals surface area contributed by atoms with Gasteiger partial charge in [-0.05, 0) is 54.8 Å². The van der Waals surface area contributed by atoms with Crippen molar-refractivity contribution in [3.05, 3.63) is 16.0 Å². The maximum absolute atomic E-state index is 14.7. The molecule has 1 unspecified atom stereocenters. The maximum atomic E-state index is 14.7. The van der Waals surface area contributed by atoms with E-state index >= 15 is 0 Å². The van der Waals surface area contributed by atoms with Gasteiger partial charge < -0.3 is 13.9 Å². The first-order valence-corrected chi connectivity index (χ1v) is 13.0. The van der Waals surface area contributed by atoms with Gasteiger partial charge in [-0.15, -0.1) is 0 Å². The number of pyridine rings is 1. The van der Waals surface area contributed by atoms with Crippen molar-refractivity contribution in [1.29, 1.82) is 0 Å². The molecule has 1 atom stereocenters. The van der Waals surface area contributed by atoms with E-state index in [-0.39, 0.29) is 21.4 Å². The van der Waals surface area contributed by atoms with E-state index in [1.807, 2.05) is 0 Å². The highest BCUT2D eigenvalue weighted by molar-refractivity contribution is 9.10. The molecule has 1 amide bonds. The fourth-order valence-electron chi connectivity index (χ4n) is 2.43. The molecule has 0 aromatic carbocycles. The maximum Gasteiger partial charge on any atom is 0.413 e. The van der Waals surface area contributed by atoms with Crippen LogP contribution >= 0.6 is 15.9 Å². The van der Waals surface area contributed by atoms with Gasteiger partial charge in [-0.2, -0.15) is 0 Å². The Kier molecular flexibility index (Phi) is 6.52. The van der Waals surface area contributed by atoms with Crippen LogP contribution in [0.3, 0.4) is 0 Å². The summed E-state index contributed by atoms with van der Waals surface area (Å²) in [5.41, 5.74) is -0.223. The van der Waals surface area contributed by atoms with Gasteiger partial charge >= 0.3 is 6.09 Å². The quantitative estimate of drug-likeness (QED) is 0.527. The van der Waals surface area contributed by atoms with Crippen LogP contribution in [-0.2, 0) is 9.16 Å². The van der Waals surface area contributed by atoms with Gasteiger partial charge in [-0.3, -0.25) is 5.32 Å². The van der Waals surface area contributed by atoms with Crippen LogP contribution in [0.25, 0.3) is 0 Å². The number of nitrogens with one attached hydrogen (secondary N) is 1. The summed E-state index contributed by atoms with van der Waals surface area (Å²) in [6, 6.07) is 0. The molecule has 0 fully saturated rings. The van der Waals surface area contributed by atoms with E-state index in [1.54, 1.807) is 20.8 Å². The van der Waals surface area contributed by atoms with Crippen LogP contribution in [0.2, 0.25) is 18.1 Å². The first kappa shape index (κ1) is 23.1. The molecule has 0 saturated heterocycles. The normalized spacial score (nSPS) is 17.6. The fraction of sp³-hybridized carbons (Fsp3) is 0.684. The number of nitrogens with zero attached hydrogens (tertiary/aromatic N) is 1. The van der Waals surface area contributed by atoms with E-state index in [1.165, 1.54) is 0 Å². The van der Waals surface area contributed by atoms with Crippen molar-refractivity contribution in [1.82, 2.24) is 4.98 Å². The zero-order chi connectivity index (χ0) is 21.5. The number of halogens is 2. The number of ether oxygens (including phenoxy) is 2. The van der Waals surface area contributed by atoms with Gasteiger partial charge in [0, 0.05) is 6.42 Å². The lowest BCUT2D eigenvalue weighted by molar-refractivity contribution is 0.0633. The Morgan fingerprint density at radius 2 is 1.89 bits per heavy atom. The third-order valence-corrected chi connectivity index (χ3v) is 10.1. The number of anilines is 1. The van der Waals surface area contributed by atoms with Crippen molar-refractivity contribution in [2.75, 3.05) is 11.9 Å². The second-order valence-electron chi connectivity index (χ2n) is 9.43. The third kappa shape index (κ3) is 5.24. The third-order valence-electron chi connectivity index (χ3n) is 4.86. The van der Waals surface area contributed by atoms with Crippen LogP contribution in [0, 0.1) is 5.82 Å². The SMILES string of the molecule is CC(C)(C)OC(=O)Nc1nc2c(c(Br)c1F)OCCC2O[Si](C)(C)C(C)(C)C. The molecule has 1 aliphatic heterocycles. The Morgan fingerprint density at radius 3 is 2.43 bits per heavy atom. The van der Waals surface area contributed by atoms with Crippen molar-refractivity contribution in [3.8, 4) is 5.75 Å². The monoisotopic (exact) mass is 476 g/mol. The fourth-order valence-corrected chi connectivity index (χ4v) is 4.23. The largest absolute Gasteiger partial charge is 0.490 e. The highest BCUT2D eigenvalue weighted by atomic mass is 79.9.